The van der Waals surface area contributed by atoms with Crippen LogP contribution in [0.15, 0.2) is 39.6 Å². The molecule has 2 aromatic rings. The summed E-state index contributed by atoms with van der Waals surface area (Å²) in [6, 6.07) is 7.34. The third-order valence-electron chi connectivity index (χ3n) is 2.68. The number of hydrogen-bond acceptors (Lipinski definition) is 3. The molecule has 1 atom stereocenters. The van der Waals surface area contributed by atoms with Gasteiger partial charge in [-0.15, -0.1) is 0 Å². The number of aliphatic hydroxyl groups excluding tert-OH is 1. The van der Waals surface area contributed by atoms with E-state index in [1.807, 2.05) is 25.1 Å². The second kappa shape index (κ2) is 4.94. The number of halogens is 1. The molecule has 90 valence electrons. The van der Waals surface area contributed by atoms with Crippen LogP contribution in [0.1, 0.15) is 22.8 Å². The smallest absolute Gasteiger partial charge is 0.175 e. The highest BCUT2D eigenvalue weighted by atomic mass is 79.9. The number of rotatable bonds is 3. The summed E-state index contributed by atoms with van der Waals surface area (Å²) < 4.78 is 10.9. The molecule has 0 fully saturated rings. The van der Waals surface area contributed by atoms with Crippen molar-refractivity contribution in [3.05, 3.63) is 51.9 Å². The first-order chi connectivity index (χ1) is 8.13. The molecule has 3 nitrogen and oxygen atoms in total. The average Bonchev–Trinajstić information content (AvgIpc) is 2.74. The molecule has 0 amide bonds. The van der Waals surface area contributed by atoms with Gasteiger partial charge in [-0.3, -0.25) is 0 Å². The lowest BCUT2D eigenvalue weighted by atomic mass is 10.0. The minimum absolute atomic E-state index is 0.554. The Morgan fingerprint density at radius 1 is 1.35 bits per heavy atom. The number of methoxy groups -OCH3 is 1. The summed E-state index contributed by atoms with van der Waals surface area (Å²) >= 11 is 3.26. The second-order valence-electron chi connectivity index (χ2n) is 3.78. The number of ether oxygens (including phenoxy) is 1. The van der Waals surface area contributed by atoms with Crippen molar-refractivity contribution < 1.29 is 14.3 Å². The van der Waals surface area contributed by atoms with Gasteiger partial charge in [0.2, 0.25) is 0 Å². The standard InChI is InChI=1S/C13H13BrO3/c1-8-7-9(3-4-11(8)16-2)12(15)10-5-6-17-13(10)14/h3-7,12,15H,1-2H3. The first-order valence-electron chi connectivity index (χ1n) is 5.19. The highest BCUT2D eigenvalue weighted by Crippen LogP contribution is 2.31. The molecule has 0 aliphatic carbocycles. The maximum atomic E-state index is 10.2. The van der Waals surface area contributed by atoms with Crippen LogP contribution >= 0.6 is 15.9 Å². The van der Waals surface area contributed by atoms with Gasteiger partial charge in [0.05, 0.1) is 13.4 Å². The van der Waals surface area contributed by atoms with Crippen molar-refractivity contribution in [2.45, 2.75) is 13.0 Å². The van der Waals surface area contributed by atoms with Crippen molar-refractivity contribution in [3.63, 3.8) is 0 Å². The Balaban J connectivity index is 2.35. The number of aryl methyl sites for hydroxylation is 1. The molecular formula is C13H13BrO3. The lowest BCUT2D eigenvalue weighted by Gasteiger charge is -2.12. The van der Waals surface area contributed by atoms with Crippen LogP contribution in [-0.2, 0) is 0 Å². The predicted molar refractivity (Wildman–Crippen MR) is 68.2 cm³/mol. The summed E-state index contributed by atoms with van der Waals surface area (Å²) in [5, 5.41) is 10.2. The van der Waals surface area contributed by atoms with E-state index in [1.54, 1.807) is 19.4 Å². The largest absolute Gasteiger partial charge is 0.496 e. The van der Waals surface area contributed by atoms with Gasteiger partial charge in [-0.25, -0.2) is 0 Å². The molecule has 1 unspecified atom stereocenters. The minimum atomic E-state index is -0.701. The van der Waals surface area contributed by atoms with Crippen LogP contribution in [0, 0.1) is 6.92 Å². The Morgan fingerprint density at radius 3 is 2.65 bits per heavy atom. The highest BCUT2D eigenvalue weighted by Gasteiger charge is 2.16. The maximum absolute atomic E-state index is 10.2. The Bertz CT molecular complexity index is 519. The van der Waals surface area contributed by atoms with Crippen molar-refractivity contribution in [1.82, 2.24) is 0 Å². The van der Waals surface area contributed by atoms with Crippen molar-refractivity contribution in [2.75, 3.05) is 7.11 Å². The molecule has 1 heterocycles. The number of furan rings is 1. The van der Waals surface area contributed by atoms with Crippen molar-refractivity contribution in [1.29, 1.82) is 0 Å². The Labute approximate surface area is 108 Å². The maximum Gasteiger partial charge on any atom is 0.175 e. The van der Waals surface area contributed by atoms with Crippen molar-refractivity contribution in [2.24, 2.45) is 0 Å². The molecule has 0 saturated carbocycles. The molecule has 0 bridgehead atoms. The van der Waals surface area contributed by atoms with Crippen LogP contribution in [0.2, 0.25) is 0 Å². The number of hydrogen-bond donors (Lipinski definition) is 1. The van der Waals surface area contributed by atoms with Gasteiger partial charge in [0, 0.05) is 5.56 Å². The Kier molecular flexibility index (Phi) is 3.54. The van der Waals surface area contributed by atoms with Gasteiger partial charge in [-0.05, 0) is 52.2 Å². The van der Waals surface area contributed by atoms with Crippen LogP contribution in [-0.4, -0.2) is 12.2 Å². The monoisotopic (exact) mass is 296 g/mol. The molecule has 1 aromatic carbocycles. The fourth-order valence-electron chi connectivity index (χ4n) is 1.75. The summed E-state index contributed by atoms with van der Waals surface area (Å²) in [6.45, 7) is 1.94. The van der Waals surface area contributed by atoms with E-state index in [4.69, 9.17) is 9.15 Å². The molecule has 0 aliphatic rings. The molecule has 2 rings (SSSR count). The second-order valence-corrected chi connectivity index (χ2v) is 4.50. The summed E-state index contributed by atoms with van der Waals surface area (Å²) in [7, 11) is 1.63. The van der Waals surface area contributed by atoms with E-state index in [1.165, 1.54) is 0 Å². The van der Waals surface area contributed by atoms with Crippen LogP contribution < -0.4 is 4.74 Å². The summed E-state index contributed by atoms with van der Waals surface area (Å²) in [5.41, 5.74) is 2.52. The highest BCUT2D eigenvalue weighted by molar-refractivity contribution is 9.10. The van der Waals surface area contributed by atoms with Gasteiger partial charge in [0.1, 0.15) is 11.9 Å². The van der Waals surface area contributed by atoms with Crippen LogP contribution in [0.5, 0.6) is 5.75 Å². The van der Waals surface area contributed by atoms with E-state index >= 15 is 0 Å². The quantitative estimate of drug-likeness (QED) is 0.943. The zero-order chi connectivity index (χ0) is 12.4. The fraction of sp³-hybridized carbons (Fsp3) is 0.231. The summed E-state index contributed by atoms with van der Waals surface area (Å²) in [5.74, 6) is 0.812. The molecule has 0 spiro atoms. The van der Waals surface area contributed by atoms with E-state index in [-0.39, 0.29) is 0 Å². The van der Waals surface area contributed by atoms with E-state index < -0.39 is 6.10 Å². The molecule has 4 heteroatoms. The summed E-state index contributed by atoms with van der Waals surface area (Å²) in [4.78, 5) is 0. The molecule has 1 N–H and O–H groups in total. The van der Waals surface area contributed by atoms with Crippen molar-refractivity contribution in [3.8, 4) is 5.75 Å². The Morgan fingerprint density at radius 2 is 2.12 bits per heavy atom. The van der Waals surface area contributed by atoms with Gasteiger partial charge in [0.25, 0.3) is 0 Å². The van der Waals surface area contributed by atoms with Gasteiger partial charge >= 0.3 is 0 Å². The van der Waals surface area contributed by atoms with Gasteiger partial charge in [0.15, 0.2) is 4.67 Å². The Hall–Kier alpha value is -1.26. The first-order valence-corrected chi connectivity index (χ1v) is 5.98. The van der Waals surface area contributed by atoms with E-state index in [0.717, 1.165) is 22.4 Å². The molecule has 0 aliphatic heterocycles. The average molecular weight is 297 g/mol. The molecule has 1 aromatic heterocycles. The predicted octanol–water partition coefficient (Wildman–Crippen LogP) is 3.44. The van der Waals surface area contributed by atoms with Crippen LogP contribution in [0.25, 0.3) is 0 Å². The normalized spacial score (nSPS) is 12.5. The van der Waals surface area contributed by atoms with Crippen LogP contribution in [0.3, 0.4) is 0 Å². The van der Waals surface area contributed by atoms with Gasteiger partial charge in [-0.2, -0.15) is 0 Å². The fourth-order valence-corrected chi connectivity index (χ4v) is 2.21. The molecular weight excluding hydrogens is 284 g/mol. The van der Waals surface area contributed by atoms with Crippen LogP contribution in [0.4, 0.5) is 0 Å². The SMILES string of the molecule is COc1ccc(C(O)c2ccoc2Br)cc1C. The molecule has 17 heavy (non-hydrogen) atoms. The topological polar surface area (TPSA) is 42.6 Å². The van der Waals surface area contributed by atoms with E-state index in [0.29, 0.717) is 4.67 Å². The molecule has 0 saturated heterocycles. The summed E-state index contributed by atoms with van der Waals surface area (Å²) in [6.07, 6.45) is 0.840. The van der Waals surface area contributed by atoms with E-state index in [9.17, 15) is 5.11 Å². The number of aliphatic hydroxyl groups is 1. The third kappa shape index (κ3) is 2.37. The minimum Gasteiger partial charge on any atom is -0.496 e. The van der Waals surface area contributed by atoms with Gasteiger partial charge in [-0.1, -0.05) is 6.07 Å². The molecule has 0 radical (unpaired) electrons. The van der Waals surface area contributed by atoms with E-state index in [2.05, 4.69) is 15.9 Å². The lowest BCUT2D eigenvalue weighted by Crippen LogP contribution is -2.00. The zero-order valence-corrected chi connectivity index (χ0v) is 11.2. The van der Waals surface area contributed by atoms with Crippen molar-refractivity contribution >= 4 is 15.9 Å². The first kappa shape index (κ1) is 12.2. The van der Waals surface area contributed by atoms with Gasteiger partial charge < -0.3 is 14.3 Å². The lowest BCUT2D eigenvalue weighted by molar-refractivity contribution is 0.217. The number of benzene rings is 1. The zero-order valence-electron chi connectivity index (χ0n) is 9.61. The third-order valence-corrected chi connectivity index (χ3v) is 3.32.